The molecule has 2 aromatic carbocycles. The molecule has 2 amide bonds. The maximum atomic E-state index is 12.8. The summed E-state index contributed by atoms with van der Waals surface area (Å²) in [6, 6.07) is 16.9. The van der Waals surface area contributed by atoms with E-state index in [-0.39, 0.29) is 12.3 Å². The van der Waals surface area contributed by atoms with Crippen LogP contribution in [0.5, 0.6) is 5.75 Å². The number of benzene rings is 2. The molecule has 9 nitrogen and oxygen atoms in total. The van der Waals surface area contributed by atoms with E-state index in [1.54, 1.807) is 41.5 Å². The largest absolute Gasteiger partial charge is 0.490 e. The molecule has 2 heterocycles. The monoisotopic (exact) mass is 565 g/mol. The highest BCUT2D eigenvalue weighted by molar-refractivity contribution is 7.99. The van der Waals surface area contributed by atoms with Crippen LogP contribution in [0.15, 0.2) is 54.6 Å². The Labute approximate surface area is 225 Å². The molecule has 0 unspecified atom stereocenters. The number of aryl methyl sites for hydroxylation is 1. The van der Waals surface area contributed by atoms with Gasteiger partial charge in [-0.2, -0.15) is 24.9 Å². The summed E-state index contributed by atoms with van der Waals surface area (Å²) in [6.07, 6.45) is -4.36. The summed E-state index contributed by atoms with van der Waals surface area (Å²) in [5.41, 5.74) is 4.42. The SMILES string of the molecule is Cc1cc(COc2ccc(C(=O)N[C@]3(CC(=O)NO)CCSC3)cc2)c2ccccc2n1.O=C(O)C(F)(F)F. The van der Waals surface area contributed by atoms with Crippen LogP contribution in [-0.2, 0) is 16.2 Å². The number of aromatic nitrogens is 1. The fourth-order valence-electron chi connectivity index (χ4n) is 3.93. The Kier molecular flexibility index (Phi) is 9.76. The number of nitrogens with one attached hydrogen (secondary N) is 2. The highest BCUT2D eigenvalue weighted by Gasteiger charge is 2.39. The Hall–Kier alpha value is -3.84. The van der Waals surface area contributed by atoms with Crippen LogP contribution in [0, 0.1) is 6.92 Å². The molecule has 4 N–H and O–H groups in total. The highest BCUT2D eigenvalue weighted by Crippen LogP contribution is 2.31. The van der Waals surface area contributed by atoms with Gasteiger partial charge in [0.2, 0.25) is 5.91 Å². The first-order chi connectivity index (χ1) is 18.4. The Morgan fingerprint density at radius 2 is 1.79 bits per heavy atom. The third kappa shape index (κ3) is 8.32. The molecule has 0 radical (unpaired) electrons. The summed E-state index contributed by atoms with van der Waals surface area (Å²) in [5.74, 6) is -1.36. The van der Waals surface area contributed by atoms with Gasteiger partial charge in [-0.3, -0.25) is 19.8 Å². The number of halogens is 3. The van der Waals surface area contributed by atoms with Crippen LogP contribution < -0.4 is 15.5 Å². The van der Waals surface area contributed by atoms with Crippen LogP contribution >= 0.6 is 11.8 Å². The maximum Gasteiger partial charge on any atom is 0.490 e. The lowest BCUT2D eigenvalue weighted by atomic mass is 9.93. The number of pyridine rings is 1. The van der Waals surface area contributed by atoms with Crippen LogP contribution in [-0.4, -0.2) is 56.3 Å². The van der Waals surface area contributed by atoms with Crippen LogP contribution in [0.2, 0.25) is 0 Å². The number of hydroxylamine groups is 1. The molecule has 1 atom stereocenters. The highest BCUT2D eigenvalue weighted by atomic mass is 32.2. The number of rotatable bonds is 7. The summed E-state index contributed by atoms with van der Waals surface area (Å²) in [5, 5.41) is 20.0. The van der Waals surface area contributed by atoms with Crippen molar-refractivity contribution in [3.05, 3.63) is 71.4 Å². The van der Waals surface area contributed by atoms with Crippen LogP contribution in [0.4, 0.5) is 13.2 Å². The van der Waals surface area contributed by atoms with Gasteiger partial charge in [-0.25, -0.2) is 10.3 Å². The predicted octanol–water partition coefficient (Wildman–Crippen LogP) is 4.26. The molecular formula is C26H26F3N3O6S. The quantitative estimate of drug-likeness (QED) is 0.246. The number of para-hydroxylation sites is 1. The smallest absolute Gasteiger partial charge is 0.489 e. The number of ether oxygens (including phenoxy) is 1. The fraction of sp³-hybridized carbons (Fsp3) is 0.308. The number of nitrogens with zero attached hydrogens (tertiary/aromatic N) is 1. The van der Waals surface area contributed by atoms with E-state index in [9.17, 15) is 22.8 Å². The number of thioether (sulfide) groups is 1. The maximum absolute atomic E-state index is 12.8. The van der Waals surface area contributed by atoms with Crippen LogP contribution in [0.1, 0.15) is 34.5 Å². The number of hydrogen-bond donors (Lipinski definition) is 4. The summed E-state index contributed by atoms with van der Waals surface area (Å²) >= 11 is 1.68. The first-order valence-electron chi connectivity index (χ1n) is 11.6. The molecular weight excluding hydrogens is 539 g/mol. The molecule has 39 heavy (non-hydrogen) atoms. The average molecular weight is 566 g/mol. The van der Waals surface area contributed by atoms with Crippen molar-refractivity contribution in [1.82, 2.24) is 15.8 Å². The van der Waals surface area contributed by atoms with Gasteiger partial charge in [0, 0.05) is 28.0 Å². The van der Waals surface area contributed by atoms with E-state index in [0.29, 0.717) is 30.1 Å². The van der Waals surface area contributed by atoms with Gasteiger partial charge in [0.1, 0.15) is 12.4 Å². The third-order valence-corrected chi connectivity index (χ3v) is 7.04. The topological polar surface area (TPSA) is 138 Å². The summed E-state index contributed by atoms with van der Waals surface area (Å²) in [6.45, 7) is 2.36. The van der Waals surface area contributed by atoms with E-state index in [1.807, 2.05) is 37.3 Å². The molecule has 1 aliphatic rings. The van der Waals surface area contributed by atoms with Crippen molar-refractivity contribution in [3.8, 4) is 5.75 Å². The summed E-state index contributed by atoms with van der Waals surface area (Å²) < 4.78 is 37.7. The standard InChI is InChI=1S/C24H25N3O4S.C2HF3O2/c1-16-12-18(20-4-2-3-5-21(20)25-16)14-31-19-8-6-17(7-9-19)23(29)26-24(10-11-32-15-24)13-22(28)27-30;3-2(4,5)1(6)7/h2-9,12,30H,10-11,13-15H2,1H3,(H,26,29)(H,27,28);(H,6,7)/t24-;/m0./s1. The zero-order valence-electron chi connectivity index (χ0n) is 20.7. The number of carbonyl (C=O) groups is 3. The molecule has 0 bridgehead atoms. The molecule has 4 rings (SSSR count). The molecule has 1 saturated heterocycles. The van der Waals surface area contributed by atoms with Gasteiger partial charge in [-0.1, -0.05) is 18.2 Å². The number of amides is 2. The van der Waals surface area contributed by atoms with Crippen molar-refractivity contribution in [2.45, 2.75) is 38.1 Å². The second kappa shape index (κ2) is 12.8. The molecule has 0 spiro atoms. The second-order valence-corrected chi connectivity index (χ2v) is 9.91. The molecule has 1 aliphatic heterocycles. The van der Waals surface area contributed by atoms with Crippen LogP contribution in [0.3, 0.4) is 0 Å². The lowest BCUT2D eigenvalue weighted by Crippen LogP contribution is -2.51. The Morgan fingerprint density at radius 3 is 2.38 bits per heavy atom. The lowest BCUT2D eigenvalue weighted by Gasteiger charge is -2.28. The van der Waals surface area contributed by atoms with Gasteiger partial charge in [-0.15, -0.1) is 0 Å². The van der Waals surface area contributed by atoms with Crippen molar-refractivity contribution in [3.63, 3.8) is 0 Å². The lowest BCUT2D eigenvalue weighted by molar-refractivity contribution is -0.192. The van der Waals surface area contributed by atoms with Gasteiger partial charge >= 0.3 is 12.1 Å². The van der Waals surface area contributed by atoms with Gasteiger partial charge in [0.15, 0.2) is 0 Å². The Bertz CT molecular complexity index is 1330. The molecule has 3 aromatic rings. The normalized spacial score (nSPS) is 16.6. The van der Waals surface area contributed by atoms with Gasteiger partial charge in [0.25, 0.3) is 5.91 Å². The number of alkyl halides is 3. The first kappa shape index (κ1) is 29.7. The number of aliphatic carboxylic acids is 1. The summed E-state index contributed by atoms with van der Waals surface area (Å²) in [7, 11) is 0. The van der Waals surface area contributed by atoms with Crippen molar-refractivity contribution < 1.29 is 42.6 Å². The van der Waals surface area contributed by atoms with E-state index in [0.717, 1.165) is 27.9 Å². The second-order valence-electron chi connectivity index (χ2n) is 8.80. The van der Waals surface area contributed by atoms with Gasteiger partial charge < -0.3 is 15.2 Å². The van der Waals surface area contributed by atoms with E-state index in [2.05, 4.69) is 10.3 Å². The zero-order valence-corrected chi connectivity index (χ0v) is 21.6. The van der Waals surface area contributed by atoms with Crippen molar-refractivity contribution in [2.75, 3.05) is 11.5 Å². The van der Waals surface area contributed by atoms with Crippen molar-refractivity contribution in [2.24, 2.45) is 0 Å². The number of carbonyl (C=O) groups excluding carboxylic acids is 2. The first-order valence-corrected chi connectivity index (χ1v) is 12.8. The molecule has 13 heteroatoms. The van der Waals surface area contributed by atoms with E-state index in [4.69, 9.17) is 19.8 Å². The number of fused-ring (bicyclic) bond motifs is 1. The average Bonchev–Trinajstić information content (AvgIpc) is 3.34. The number of carboxylic acid groups (broad SMARTS) is 1. The minimum absolute atomic E-state index is 0.0444. The molecule has 0 aliphatic carbocycles. The fourth-order valence-corrected chi connectivity index (χ4v) is 5.32. The minimum Gasteiger partial charge on any atom is -0.489 e. The Balaban J connectivity index is 0.000000532. The molecule has 208 valence electrons. The molecule has 1 aromatic heterocycles. The number of hydrogen-bond acceptors (Lipinski definition) is 7. The van der Waals surface area contributed by atoms with Crippen molar-refractivity contribution >= 4 is 40.4 Å². The van der Waals surface area contributed by atoms with Gasteiger partial charge in [0.05, 0.1) is 17.5 Å². The molecule has 1 fully saturated rings. The summed E-state index contributed by atoms with van der Waals surface area (Å²) in [4.78, 5) is 37.9. The number of carboxylic acids is 1. The minimum atomic E-state index is -5.08. The van der Waals surface area contributed by atoms with E-state index >= 15 is 0 Å². The predicted molar refractivity (Wildman–Crippen MR) is 138 cm³/mol. The van der Waals surface area contributed by atoms with Crippen molar-refractivity contribution in [1.29, 1.82) is 0 Å². The van der Waals surface area contributed by atoms with E-state index < -0.39 is 23.6 Å². The third-order valence-electron chi connectivity index (χ3n) is 5.79. The zero-order chi connectivity index (χ0) is 28.6. The van der Waals surface area contributed by atoms with E-state index in [1.165, 1.54) is 0 Å². The van der Waals surface area contributed by atoms with Crippen LogP contribution in [0.25, 0.3) is 10.9 Å². The van der Waals surface area contributed by atoms with Gasteiger partial charge in [-0.05, 0) is 55.5 Å². The molecule has 0 saturated carbocycles. The Morgan fingerprint density at radius 1 is 1.13 bits per heavy atom.